The van der Waals surface area contributed by atoms with Crippen LogP contribution in [0.4, 0.5) is 21.6 Å². The van der Waals surface area contributed by atoms with Crippen LogP contribution in [0, 0.1) is 11.7 Å². The Balaban J connectivity index is 1.32. The molecular weight excluding hydrogens is 521 g/mol. The van der Waals surface area contributed by atoms with E-state index < -0.39 is 15.7 Å². The predicted molar refractivity (Wildman–Crippen MR) is 141 cm³/mol. The number of aromatic nitrogens is 2. The highest BCUT2D eigenvalue weighted by Gasteiger charge is 2.44. The van der Waals surface area contributed by atoms with Gasteiger partial charge in [0, 0.05) is 35.8 Å². The highest BCUT2D eigenvalue weighted by molar-refractivity contribution is 7.91. The summed E-state index contributed by atoms with van der Waals surface area (Å²) in [5, 5.41) is 6.51. The SMILES string of the molecule is COc1cc2ncnc(Nc3ccc(F)c(Cl)c3)c2cc1NC(=O)C=CCN1CCC2CS(=O)(=O)CC21. The van der Waals surface area contributed by atoms with Crippen LogP contribution in [0.1, 0.15) is 6.42 Å². The molecule has 9 nitrogen and oxygen atoms in total. The number of ether oxygens (including phenoxy) is 1. The van der Waals surface area contributed by atoms with E-state index in [0.29, 0.717) is 40.4 Å². The number of carbonyl (C=O) groups is 1. The fourth-order valence-corrected chi connectivity index (χ4v) is 7.30. The third-order valence-corrected chi connectivity index (χ3v) is 8.77. The zero-order valence-electron chi connectivity index (χ0n) is 19.9. The second kappa shape index (κ2) is 10.2. The van der Waals surface area contributed by atoms with E-state index in [1.807, 2.05) is 0 Å². The van der Waals surface area contributed by atoms with Gasteiger partial charge >= 0.3 is 0 Å². The number of anilines is 3. The maximum absolute atomic E-state index is 13.5. The molecule has 2 aromatic carbocycles. The largest absolute Gasteiger partial charge is 0.494 e. The second-order valence-corrected chi connectivity index (χ2v) is 11.7. The molecule has 0 aliphatic carbocycles. The van der Waals surface area contributed by atoms with Gasteiger partial charge in [-0.1, -0.05) is 17.7 Å². The van der Waals surface area contributed by atoms with E-state index in [2.05, 4.69) is 25.5 Å². The number of fused-ring (bicyclic) bond motifs is 2. The minimum absolute atomic E-state index is 0.0243. The Morgan fingerprint density at radius 2 is 2.11 bits per heavy atom. The van der Waals surface area contributed by atoms with Gasteiger partial charge < -0.3 is 15.4 Å². The number of nitrogens with zero attached hydrogens (tertiary/aromatic N) is 3. The zero-order chi connectivity index (χ0) is 26.2. The second-order valence-electron chi connectivity index (χ2n) is 9.13. The molecule has 0 saturated carbocycles. The van der Waals surface area contributed by atoms with Crippen molar-refractivity contribution in [2.45, 2.75) is 12.5 Å². The maximum atomic E-state index is 13.5. The van der Waals surface area contributed by atoms with Gasteiger partial charge in [0.15, 0.2) is 9.84 Å². The third-order valence-electron chi connectivity index (χ3n) is 6.70. The van der Waals surface area contributed by atoms with Gasteiger partial charge in [-0.05, 0) is 43.1 Å². The maximum Gasteiger partial charge on any atom is 0.248 e. The van der Waals surface area contributed by atoms with E-state index in [-0.39, 0.29) is 34.4 Å². The van der Waals surface area contributed by atoms with Crippen LogP contribution < -0.4 is 15.4 Å². The topological polar surface area (TPSA) is 114 Å². The molecule has 0 bridgehead atoms. The van der Waals surface area contributed by atoms with E-state index in [4.69, 9.17) is 16.3 Å². The smallest absolute Gasteiger partial charge is 0.248 e. The molecule has 1 amide bonds. The molecule has 3 aromatic rings. The number of methoxy groups -OCH3 is 1. The average molecular weight is 546 g/mol. The molecular formula is C25H25ClFN5O4S. The number of amides is 1. The molecule has 2 N–H and O–H groups in total. The van der Waals surface area contributed by atoms with Gasteiger partial charge in [0.05, 0.1) is 34.8 Å². The summed E-state index contributed by atoms with van der Waals surface area (Å²) in [5.41, 5.74) is 1.53. The molecule has 37 heavy (non-hydrogen) atoms. The van der Waals surface area contributed by atoms with Gasteiger partial charge in [-0.25, -0.2) is 22.8 Å². The number of nitrogens with one attached hydrogen (secondary N) is 2. The fourth-order valence-electron chi connectivity index (χ4n) is 4.94. The highest BCUT2D eigenvalue weighted by atomic mass is 35.5. The van der Waals surface area contributed by atoms with Crippen LogP contribution in [0.25, 0.3) is 10.9 Å². The van der Waals surface area contributed by atoms with E-state index in [1.54, 1.807) is 18.2 Å². The summed E-state index contributed by atoms with van der Waals surface area (Å²) in [6, 6.07) is 7.65. The van der Waals surface area contributed by atoms with Crippen LogP contribution in [0.3, 0.4) is 0 Å². The Bertz CT molecular complexity index is 1500. The number of hydrogen-bond donors (Lipinski definition) is 2. The van der Waals surface area contributed by atoms with E-state index in [0.717, 1.165) is 13.0 Å². The molecule has 12 heteroatoms. The average Bonchev–Trinajstić information content (AvgIpc) is 3.36. The highest BCUT2D eigenvalue weighted by Crippen LogP contribution is 2.34. The Hall–Kier alpha value is -3.28. The third kappa shape index (κ3) is 5.53. The van der Waals surface area contributed by atoms with Crippen molar-refractivity contribution in [1.82, 2.24) is 14.9 Å². The molecule has 0 spiro atoms. The lowest BCUT2D eigenvalue weighted by Gasteiger charge is -2.20. The number of carbonyl (C=O) groups excluding carboxylic acids is 1. The summed E-state index contributed by atoms with van der Waals surface area (Å²) in [7, 11) is -1.48. The quantitative estimate of drug-likeness (QED) is 0.431. The first-order valence-electron chi connectivity index (χ1n) is 11.7. The molecule has 0 radical (unpaired) electrons. The lowest BCUT2D eigenvalue weighted by molar-refractivity contribution is -0.111. The monoisotopic (exact) mass is 545 g/mol. The van der Waals surface area contributed by atoms with Gasteiger partial charge in [0.2, 0.25) is 5.91 Å². The van der Waals surface area contributed by atoms with Crippen molar-refractivity contribution in [2.24, 2.45) is 5.92 Å². The minimum Gasteiger partial charge on any atom is -0.494 e. The first kappa shape index (κ1) is 25.4. The molecule has 2 aliphatic rings. The molecule has 194 valence electrons. The van der Waals surface area contributed by atoms with Crippen molar-refractivity contribution in [3.8, 4) is 5.75 Å². The Morgan fingerprint density at radius 1 is 1.27 bits per heavy atom. The Kier molecular flexibility index (Phi) is 7.02. The van der Waals surface area contributed by atoms with Crippen molar-refractivity contribution in [3.05, 3.63) is 59.7 Å². The van der Waals surface area contributed by atoms with Gasteiger partial charge in [0.25, 0.3) is 0 Å². The number of halogens is 2. The Labute approximate surface area is 218 Å². The summed E-state index contributed by atoms with van der Waals surface area (Å²) in [6.45, 7) is 1.32. The molecule has 2 unspecified atom stereocenters. The molecule has 2 aliphatic heterocycles. The van der Waals surface area contributed by atoms with Crippen molar-refractivity contribution in [3.63, 3.8) is 0 Å². The molecule has 5 rings (SSSR count). The lowest BCUT2D eigenvalue weighted by atomic mass is 10.1. The number of hydrogen-bond acceptors (Lipinski definition) is 8. The van der Waals surface area contributed by atoms with Crippen LogP contribution in [0.15, 0.2) is 48.8 Å². The number of benzene rings is 2. The first-order chi connectivity index (χ1) is 17.7. The first-order valence-corrected chi connectivity index (χ1v) is 13.9. The lowest BCUT2D eigenvalue weighted by Crippen LogP contribution is -2.33. The summed E-state index contributed by atoms with van der Waals surface area (Å²) in [6.07, 6.45) is 5.42. The van der Waals surface area contributed by atoms with Gasteiger partial charge in [-0.3, -0.25) is 9.69 Å². The summed E-state index contributed by atoms with van der Waals surface area (Å²) in [4.78, 5) is 23.4. The number of rotatable bonds is 7. The van der Waals surface area contributed by atoms with E-state index in [1.165, 1.54) is 37.7 Å². The van der Waals surface area contributed by atoms with Gasteiger partial charge in [-0.15, -0.1) is 0 Å². The fraction of sp³-hybridized carbons (Fsp3) is 0.320. The van der Waals surface area contributed by atoms with Gasteiger partial charge in [-0.2, -0.15) is 0 Å². The number of sulfone groups is 1. The van der Waals surface area contributed by atoms with Crippen molar-refractivity contribution < 1.29 is 22.3 Å². The molecule has 2 fully saturated rings. The van der Waals surface area contributed by atoms with Crippen LogP contribution in [0.5, 0.6) is 5.75 Å². The van der Waals surface area contributed by atoms with E-state index in [9.17, 15) is 17.6 Å². The van der Waals surface area contributed by atoms with Crippen LogP contribution >= 0.6 is 11.6 Å². The Morgan fingerprint density at radius 3 is 2.89 bits per heavy atom. The van der Waals surface area contributed by atoms with Gasteiger partial charge in [0.1, 0.15) is 23.7 Å². The van der Waals surface area contributed by atoms with Crippen LogP contribution in [-0.2, 0) is 14.6 Å². The number of likely N-dealkylation sites (tertiary alicyclic amines) is 1. The van der Waals surface area contributed by atoms with Crippen molar-refractivity contribution >= 4 is 55.4 Å². The normalized spacial score (nSPS) is 20.8. The van der Waals surface area contributed by atoms with Crippen molar-refractivity contribution in [1.29, 1.82) is 0 Å². The molecule has 2 atom stereocenters. The summed E-state index contributed by atoms with van der Waals surface area (Å²) >= 11 is 5.89. The van der Waals surface area contributed by atoms with Crippen LogP contribution in [-0.4, -0.2) is 66.9 Å². The summed E-state index contributed by atoms with van der Waals surface area (Å²) in [5.74, 6) is 0.608. The van der Waals surface area contributed by atoms with Crippen LogP contribution in [0.2, 0.25) is 5.02 Å². The summed E-state index contributed by atoms with van der Waals surface area (Å²) < 4.78 is 42.8. The molecule has 3 heterocycles. The van der Waals surface area contributed by atoms with Crippen molar-refractivity contribution in [2.75, 3.05) is 42.3 Å². The zero-order valence-corrected chi connectivity index (χ0v) is 21.5. The standard InChI is InChI=1S/C25H25ClFN5O4S/c1-36-23-11-20-17(25(29-14-28-20)30-16-4-5-19(27)18(26)9-16)10-21(23)31-24(33)3-2-7-32-8-6-15-12-37(34,35)13-22(15)32/h2-5,9-11,14-15,22H,6-8,12-13H2,1H3,(H,31,33)(H,28,29,30). The predicted octanol–water partition coefficient (Wildman–Crippen LogP) is 3.79. The minimum atomic E-state index is -2.97. The van der Waals surface area contributed by atoms with E-state index >= 15 is 0 Å². The molecule has 2 saturated heterocycles. The molecule has 1 aromatic heterocycles.